The number of fused-ring (bicyclic) bond motifs is 8. The van der Waals surface area contributed by atoms with Gasteiger partial charge in [-0.2, -0.15) is 0 Å². The summed E-state index contributed by atoms with van der Waals surface area (Å²) in [5.74, 6) is 0. The predicted octanol–water partition coefficient (Wildman–Crippen LogP) is 13.8. The van der Waals surface area contributed by atoms with E-state index in [0.717, 1.165) is 33.1 Å². The topological polar surface area (TPSA) is 16.1 Å². The van der Waals surface area contributed by atoms with Crippen LogP contribution in [0.25, 0.3) is 73.6 Å². The van der Waals surface area contributed by atoms with E-state index in [2.05, 4.69) is 175 Å². The molecular formula is C45H28N2S2. The lowest BCUT2D eigenvalue weighted by Gasteiger charge is -2.27. The van der Waals surface area contributed by atoms with Crippen molar-refractivity contribution in [3.05, 3.63) is 170 Å². The van der Waals surface area contributed by atoms with Gasteiger partial charge < -0.3 is 4.90 Å². The fourth-order valence-electron chi connectivity index (χ4n) is 7.20. The summed E-state index contributed by atoms with van der Waals surface area (Å²) in [6, 6.07) is 61.3. The van der Waals surface area contributed by atoms with Gasteiger partial charge in [0.1, 0.15) is 5.01 Å². The van der Waals surface area contributed by atoms with Crippen LogP contribution in [0, 0.1) is 0 Å². The van der Waals surface area contributed by atoms with Crippen molar-refractivity contribution in [2.45, 2.75) is 0 Å². The quantitative estimate of drug-likeness (QED) is 0.171. The molecule has 0 aliphatic carbocycles. The Morgan fingerprint density at radius 3 is 1.88 bits per heavy atom. The van der Waals surface area contributed by atoms with Crippen molar-refractivity contribution < 1.29 is 0 Å². The van der Waals surface area contributed by atoms with Crippen LogP contribution in [0.2, 0.25) is 0 Å². The van der Waals surface area contributed by atoms with Crippen molar-refractivity contribution in [1.29, 1.82) is 0 Å². The first-order valence-corrected chi connectivity index (χ1v) is 18.1. The first-order valence-electron chi connectivity index (χ1n) is 16.5. The van der Waals surface area contributed by atoms with E-state index in [0.29, 0.717) is 0 Å². The van der Waals surface area contributed by atoms with Crippen LogP contribution in [0.1, 0.15) is 0 Å². The zero-order valence-electron chi connectivity index (χ0n) is 26.4. The average molecular weight is 661 g/mol. The molecule has 2 aromatic heterocycles. The van der Waals surface area contributed by atoms with E-state index in [1.54, 1.807) is 11.3 Å². The maximum atomic E-state index is 5.08. The van der Waals surface area contributed by atoms with Crippen LogP contribution < -0.4 is 4.90 Å². The first-order chi connectivity index (χ1) is 24.3. The number of nitrogens with zero attached hydrogens (tertiary/aromatic N) is 2. The van der Waals surface area contributed by atoms with E-state index in [4.69, 9.17) is 4.98 Å². The number of hydrogen-bond donors (Lipinski definition) is 0. The number of hydrogen-bond acceptors (Lipinski definition) is 4. The Hall–Kier alpha value is -5.81. The van der Waals surface area contributed by atoms with E-state index >= 15 is 0 Å². The Labute approximate surface area is 291 Å². The summed E-state index contributed by atoms with van der Waals surface area (Å²) >= 11 is 3.65. The third-order valence-corrected chi connectivity index (χ3v) is 11.9. The second kappa shape index (κ2) is 11.4. The fourth-order valence-corrected chi connectivity index (χ4v) is 9.53. The number of aromatic nitrogens is 1. The van der Waals surface area contributed by atoms with Crippen molar-refractivity contribution in [2.75, 3.05) is 4.90 Å². The van der Waals surface area contributed by atoms with E-state index in [-0.39, 0.29) is 0 Å². The van der Waals surface area contributed by atoms with Crippen LogP contribution in [-0.4, -0.2) is 4.98 Å². The fraction of sp³-hybridized carbons (Fsp3) is 0. The molecule has 10 aromatic rings. The number of benzene rings is 8. The number of thiophene rings is 1. The van der Waals surface area contributed by atoms with Crippen LogP contribution in [0.5, 0.6) is 0 Å². The van der Waals surface area contributed by atoms with Crippen molar-refractivity contribution >= 4 is 91.7 Å². The maximum Gasteiger partial charge on any atom is 0.124 e. The van der Waals surface area contributed by atoms with E-state index in [1.165, 1.54) is 57.5 Å². The van der Waals surface area contributed by atoms with Gasteiger partial charge in [-0.05, 0) is 64.4 Å². The molecule has 0 unspecified atom stereocenters. The van der Waals surface area contributed by atoms with Gasteiger partial charge in [-0.25, -0.2) is 4.98 Å². The van der Waals surface area contributed by atoms with Crippen LogP contribution >= 0.6 is 22.7 Å². The maximum absolute atomic E-state index is 5.08. The van der Waals surface area contributed by atoms with Gasteiger partial charge in [-0.3, -0.25) is 0 Å². The molecule has 0 radical (unpaired) electrons. The molecule has 0 N–H and O–H groups in total. The lowest BCUT2D eigenvalue weighted by atomic mass is 9.98. The summed E-state index contributed by atoms with van der Waals surface area (Å²) in [6.45, 7) is 0. The Balaban J connectivity index is 1.17. The standard InChI is InChI=1S/C45H28N2S2/c1-3-12-30(13-4-1)45-46-40-27-26-35-34-16-7-8-17-36(34)41(28-39(35)44(40)49-45)47(31-14-5-2-6-15-31)32-24-22-29(23-25-32)33-19-11-20-38-37-18-9-10-21-42(37)48-43(33)38/h1-28H. The van der Waals surface area contributed by atoms with E-state index in [1.807, 2.05) is 11.3 Å². The largest absolute Gasteiger partial charge is 0.310 e. The molecule has 8 aromatic carbocycles. The highest BCUT2D eigenvalue weighted by molar-refractivity contribution is 7.26. The van der Waals surface area contributed by atoms with Gasteiger partial charge >= 0.3 is 0 Å². The number of rotatable bonds is 5. The Morgan fingerprint density at radius 2 is 1.06 bits per heavy atom. The summed E-state index contributed by atoms with van der Waals surface area (Å²) in [7, 11) is 0. The summed E-state index contributed by atoms with van der Waals surface area (Å²) in [6.07, 6.45) is 0. The molecule has 49 heavy (non-hydrogen) atoms. The SMILES string of the molecule is c1ccc(-c2nc3ccc4c5ccccc5c(N(c5ccccc5)c5ccc(-c6cccc7c6sc6ccccc67)cc5)cc4c3s2)cc1. The lowest BCUT2D eigenvalue weighted by molar-refractivity contribution is 1.30. The minimum absolute atomic E-state index is 1.03. The highest BCUT2D eigenvalue weighted by atomic mass is 32.1. The summed E-state index contributed by atoms with van der Waals surface area (Å²) < 4.78 is 3.87. The molecule has 2 nitrogen and oxygen atoms in total. The molecular weight excluding hydrogens is 633 g/mol. The molecule has 4 heteroatoms. The van der Waals surface area contributed by atoms with Gasteiger partial charge in [0.2, 0.25) is 0 Å². The third-order valence-electron chi connectivity index (χ3n) is 9.49. The highest BCUT2D eigenvalue weighted by Crippen LogP contribution is 2.46. The smallest absolute Gasteiger partial charge is 0.124 e. The number of para-hydroxylation sites is 1. The minimum atomic E-state index is 1.03. The minimum Gasteiger partial charge on any atom is -0.310 e. The van der Waals surface area contributed by atoms with Crippen molar-refractivity contribution in [2.24, 2.45) is 0 Å². The molecule has 230 valence electrons. The average Bonchev–Trinajstić information content (AvgIpc) is 3.79. The molecule has 0 saturated carbocycles. The van der Waals surface area contributed by atoms with Crippen LogP contribution in [-0.2, 0) is 0 Å². The zero-order chi connectivity index (χ0) is 32.3. The van der Waals surface area contributed by atoms with E-state index < -0.39 is 0 Å². The number of anilines is 3. The Bertz CT molecular complexity index is 2820. The van der Waals surface area contributed by atoms with Crippen molar-refractivity contribution in [3.8, 4) is 21.7 Å². The van der Waals surface area contributed by atoms with Crippen molar-refractivity contribution in [1.82, 2.24) is 4.98 Å². The zero-order valence-corrected chi connectivity index (χ0v) is 28.0. The molecule has 0 saturated heterocycles. The molecule has 0 fully saturated rings. The molecule has 0 aliphatic heterocycles. The molecule has 0 atom stereocenters. The second-order valence-electron chi connectivity index (χ2n) is 12.3. The first kappa shape index (κ1) is 28.2. The molecule has 2 heterocycles. The molecule has 0 amide bonds. The third kappa shape index (κ3) is 4.64. The van der Waals surface area contributed by atoms with Gasteiger partial charge in [-0.15, -0.1) is 22.7 Å². The van der Waals surface area contributed by atoms with Gasteiger partial charge in [0.05, 0.1) is 15.9 Å². The molecule has 0 spiro atoms. The molecule has 10 rings (SSSR count). The van der Waals surface area contributed by atoms with Gasteiger partial charge in [-0.1, -0.05) is 127 Å². The van der Waals surface area contributed by atoms with Gasteiger partial charge in [0.25, 0.3) is 0 Å². The van der Waals surface area contributed by atoms with Crippen LogP contribution in [0.3, 0.4) is 0 Å². The number of thiazole rings is 1. The Kier molecular flexibility index (Phi) is 6.57. The lowest BCUT2D eigenvalue weighted by Crippen LogP contribution is -2.10. The van der Waals surface area contributed by atoms with Gasteiger partial charge in [0, 0.05) is 47.9 Å². The molecule has 0 bridgehead atoms. The molecule has 0 aliphatic rings. The monoisotopic (exact) mass is 660 g/mol. The predicted molar refractivity (Wildman–Crippen MR) is 213 cm³/mol. The summed E-state index contributed by atoms with van der Waals surface area (Å²) in [4.78, 5) is 7.49. The second-order valence-corrected chi connectivity index (χ2v) is 14.4. The van der Waals surface area contributed by atoms with Crippen LogP contribution in [0.15, 0.2) is 170 Å². The summed E-state index contributed by atoms with van der Waals surface area (Å²) in [5, 5.41) is 8.60. The Morgan fingerprint density at radius 1 is 0.408 bits per heavy atom. The van der Waals surface area contributed by atoms with Crippen molar-refractivity contribution in [3.63, 3.8) is 0 Å². The van der Waals surface area contributed by atoms with Crippen LogP contribution in [0.4, 0.5) is 17.1 Å². The highest BCUT2D eigenvalue weighted by Gasteiger charge is 2.20. The van der Waals surface area contributed by atoms with E-state index in [9.17, 15) is 0 Å². The summed E-state index contributed by atoms with van der Waals surface area (Å²) in [5.41, 5.74) is 8.05. The van der Waals surface area contributed by atoms with Gasteiger partial charge in [0.15, 0.2) is 0 Å². The normalized spacial score (nSPS) is 11.7.